The van der Waals surface area contributed by atoms with E-state index < -0.39 is 10.0 Å². The first-order valence-corrected chi connectivity index (χ1v) is 13.2. The lowest BCUT2D eigenvalue weighted by atomic mass is 9.95. The first-order valence-electron chi connectivity index (χ1n) is 11.3. The maximum atomic E-state index is 12.7. The average Bonchev–Trinajstić information content (AvgIpc) is 2.84. The summed E-state index contributed by atoms with van der Waals surface area (Å²) in [6, 6.07) is 12.8. The lowest BCUT2D eigenvalue weighted by Crippen LogP contribution is -2.41. The third-order valence-electron chi connectivity index (χ3n) is 5.64. The molecular weight excluding hydrogens is 478 g/mol. The molecule has 1 saturated heterocycles. The van der Waals surface area contributed by atoms with E-state index in [2.05, 4.69) is 10.0 Å². The van der Waals surface area contributed by atoms with Crippen LogP contribution in [0.5, 0.6) is 0 Å². The average molecular weight is 508 g/mol. The van der Waals surface area contributed by atoms with Crippen LogP contribution in [-0.4, -0.2) is 58.0 Å². The van der Waals surface area contributed by atoms with Gasteiger partial charge in [0.25, 0.3) is 5.91 Å². The number of hydrogen-bond acceptors (Lipinski definition) is 5. The van der Waals surface area contributed by atoms with E-state index in [0.29, 0.717) is 68.4 Å². The molecule has 0 radical (unpaired) electrons. The molecule has 8 nitrogen and oxygen atoms in total. The lowest BCUT2D eigenvalue weighted by molar-refractivity contribution is -0.121. The molecule has 2 amide bonds. The minimum Gasteiger partial charge on any atom is -0.382 e. The van der Waals surface area contributed by atoms with Gasteiger partial charge in [-0.15, -0.1) is 0 Å². The van der Waals surface area contributed by atoms with Crippen molar-refractivity contribution in [3.63, 3.8) is 0 Å². The SMILES string of the molecule is CCOCCCNS(=O)(=O)c1ccc(NC(=O)C2CCN(C(=O)c3ccc(Cl)cc3)CC2)cc1. The van der Waals surface area contributed by atoms with Crippen LogP contribution in [0.2, 0.25) is 5.02 Å². The second-order valence-corrected chi connectivity index (χ2v) is 10.2. The summed E-state index contributed by atoms with van der Waals surface area (Å²) in [6.07, 6.45) is 1.71. The second kappa shape index (κ2) is 12.3. The molecule has 2 N–H and O–H groups in total. The Labute approximate surface area is 205 Å². The van der Waals surface area contributed by atoms with Gasteiger partial charge in [-0.05, 0) is 74.7 Å². The molecule has 2 aromatic carbocycles. The van der Waals surface area contributed by atoms with Crippen molar-refractivity contribution in [2.45, 2.75) is 31.1 Å². The lowest BCUT2D eigenvalue weighted by Gasteiger charge is -2.31. The molecule has 2 aromatic rings. The zero-order valence-corrected chi connectivity index (χ0v) is 20.7. The number of anilines is 1. The molecule has 1 heterocycles. The maximum absolute atomic E-state index is 12.7. The number of carbonyl (C=O) groups is 2. The molecule has 10 heteroatoms. The van der Waals surface area contributed by atoms with Crippen molar-refractivity contribution in [3.8, 4) is 0 Å². The number of sulfonamides is 1. The number of rotatable bonds is 10. The van der Waals surface area contributed by atoms with Crippen molar-refractivity contribution in [2.24, 2.45) is 5.92 Å². The minimum atomic E-state index is -3.62. The summed E-state index contributed by atoms with van der Waals surface area (Å²) in [5.41, 5.74) is 1.10. The van der Waals surface area contributed by atoms with Gasteiger partial charge in [0, 0.05) is 55.0 Å². The summed E-state index contributed by atoms with van der Waals surface area (Å²) >= 11 is 5.88. The highest BCUT2D eigenvalue weighted by Crippen LogP contribution is 2.22. The summed E-state index contributed by atoms with van der Waals surface area (Å²) in [5.74, 6) is -0.424. The van der Waals surface area contributed by atoms with Gasteiger partial charge in [0.2, 0.25) is 15.9 Å². The Morgan fingerprint density at radius 2 is 1.71 bits per heavy atom. The van der Waals surface area contributed by atoms with Gasteiger partial charge >= 0.3 is 0 Å². The maximum Gasteiger partial charge on any atom is 0.253 e. The van der Waals surface area contributed by atoms with Crippen LogP contribution < -0.4 is 10.0 Å². The standard InChI is InChI=1S/C24H30ClN3O5S/c1-2-33-17-3-14-26-34(31,32)22-10-8-21(9-11-22)27-23(29)18-12-15-28(16-13-18)24(30)19-4-6-20(25)7-5-19/h4-11,18,26H,2-3,12-17H2,1H3,(H,27,29). The number of likely N-dealkylation sites (tertiary alicyclic amines) is 1. The molecule has 184 valence electrons. The molecule has 3 rings (SSSR count). The smallest absolute Gasteiger partial charge is 0.253 e. The molecule has 0 saturated carbocycles. The predicted molar refractivity (Wildman–Crippen MR) is 131 cm³/mol. The number of carbonyl (C=O) groups excluding carboxylic acids is 2. The Morgan fingerprint density at radius 1 is 1.06 bits per heavy atom. The summed E-state index contributed by atoms with van der Waals surface area (Å²) in [6.45, 7) is 4.26. The van der Waals surface area contributed by atoms with E-state index in [1.54, 1.807) is 41.3 Å². The molecule has 0 bridgehead atoms. The fourth-order valence-electron chi connectivity index (χ4n) is 3.69. The normalized spacial score (nSPS) is 14.7. The second-order valence-electron chi connectivity index (χ2n) is 8.04. The third-order valence-corrected chi connectivity index (χ3v) is 7.37. The number of nitrogens with zero attached hydrogens (tertiary/aromatic N) is 1. The topological polar surface area (TPSA) is 105 Å². The number of halogens is 1. The first kappa shape index (κ1) is 26.2. The van der Waals surface area contributed by atoms with E-state index in [9.17, 15) is 18.0 Å². The van der Waals surface area contributed by atoms with E-state index in [-0.39, 0.29) is 22.6 Å². The number of amides is 2. The molecule has 0 spiro atoms. The highest BCUT2D eigenvalue weighted by atomic mass is 35.5. The Hall–Kier alpha value is -2.46. The number of benzene rings is 2. The molecule has 1 aliphatic heterocycles. The van der Waals surface area contributed by atoms with E-state index >= 15 is 0 Å². The summed E-state index contributed by atoms with van der Waals surface area (Å²) < 4.78 is 32.5. The molecule has 34 heavy (non-hydrogen) atoms. The van der Waals surface area contributed by atoms with Crippen molar-refractivity contribution >= 4 is 39.1 Å². The fourth-order valence-corrected chi connectivity index (χ4v) is 4.89. The van der Waals surface area contributed by atoms with Crippen LogP contribution >= 0.6 is 11.6 Å². The van der Waals surface area contributed by atoms with Crippen LogP contribution in [0, 0.1) is 5.92 Å². The van der Waals surface area contributed by atoms with Crippen LogP contribution in [0.1, 0.15) is 36.5 Å². The van der Waals surface area contributed by atoms with Gasteiger partial charge in [0.05, 0.1) is 4.90 Å². The highest BCUT2D eigenvalue weighted by molar-refractivity contribution is 7.89. The monoisotopic (exact) mass is 507 g/mol. The molecule has 1 fully saturated rings. The Balaban J connectivity index is 1.47. The molecule has 0 atom stereocenters. The molecule has 0 unspecified atom stereocenters. The number of hydrogen-bond donors (Lipinski definition) is 2. The first-order chi connectivity index (χ1) is 16.3. The van der Waals surface area contributed by atoms with Crippen molar-refractivity contribution in [3.05, 3.63) is 59.1 Å². The summed E-state index contributed by atoms with van der Waals surface area (Å²) in [5, 5.41) is 3.43. The van der Waals surface area contributed by atoms with Crippen LogP contribution in [0.4, 0.5) is 5.69 Å². The zero-order valence-electron chi connectivity index (χ0n) is 19.1. The van der Waals surface area contributed by atoms with E-state index in [0.717, 1.165) is 0 Å². The third kappa shape index (κ3) is 7.27. The van der Waals surface area contributed by atoms with Crippen molar-refractivity contribution in [1.29, 1.82) is 0 Å². The summed E-state index contributed by atoms with van der Waals surface area (Å²) in [7, 11) is -3.62. The minimum absolute atomic E-state index is 0.0705. The van der Waals surface area contributed by atoms with Crippen LogP contribution in [-0.2, 0) is 19.6 Å². The molecule has 1 aliphatic rings. The Morgan fingerprint density at radius 3 is 2.32 bits per heavy atom. The zero-order chi connectivity index (χ0) is 24.6. The van der Waals surface area contributed by atoms with Gasteiger partial charge in [-0.1, -0.05) is 11.6 Å². The molecule has 0 aliphatic carbocycles. The van der Waals surface area contributed by atoms with Gasteiger partial charge in [-0.25, -0.2) is 13.1 Å². The quantitative estimate of drug-likeness (QED) is 0.479. The Bertz CT molecular complexity index is 1070. The van der Waals surface area contributed by atoms with Crippen molar-refractivity contribution in [2.75, 3.05) is 38.2 Å². The van der Waals surface area contributed by atoms with Crippen LogP contribution in [0.3, 0.4) is 0 Å². The Kier molecular flexibility index (Phi) is 9.46. The van der Waals surface area contributed by atoms with Crippen molar-refractivity contribution < 1.29 is 22.7 Å². The number of piperidine rings is 1. The van der Waals surface area contributed by atoms with Crippen LogP contribution in [0.25, 0.3) is 0 Å². The largest absolute Gasteiger partial charge is 0.382 e. The number of ether oxygens (including phenoxy) is 1. The van der Waals surface area contributed by atoms with Crippen LogP contribution in [0.15, 0.2) is 53.4 Å². The van der Waals surface area contributed by atoms with E-state index in [4.69, 9.17) is 16.3 Å². The fraction of sp³-hybridized carbons (Fsp3) is 0.417. The van der Waals surface area contributed by atoms with Gasteiger partial charge in [-0.3, -0.25) is 9.59 Å². The summed E-state index contributed by atoms with van der Waals surface area (Å²) in [4.78, 5) is 27.2. The van der Waals surface area contributed by atoms with E-state index in [1.165, 1.54) is 12.1 Å². The highest BCUT2D eigenvalue weighted by Gasteiger charge is 2.28. The predicted octanol–water partition coefficient (Wildman–Crippen LogP) is 3.54. The van der Waals surface area contributed by atoms with Gasteiger partial charge < -0.3 is 15.0 Å². The molecular formula is C24H30ClN3O5S. The van der Waals surface area contributed by atoms with Gasteiger partial charge in [-0.2, -0.15) is 0 Å². The van der Waals surface area contributed by atoms with Crippen molar-refractivity contribution in [1.82, 2.24) is 9.62 Å². The van der Waals surface area contributed by atoms with Gasteiger partial charge in [0.15, 0.2) is 0 Å². The van der Waals surface area contributed by atoms with E-state index in [1.807, 2.05) is 6.92 Å². The van der Waals surface area contributed by atoms with Gasteiger partial charge in [0.1, 0.15) is 0 Å². The number of nitrogens with one attached hydrogen (secondary N) is 2. The molecule has 0 aromatic heterocycles.